The van der Waals surface area contributed by atoms with E-state index in [4.69, 9.17) is 15.2 Å². The zero-order chi connectivity index (χ0) is 15.4. The average molecular weight is 287 g/mol. The van der Waals surface area contributed by atoms with Crippen molar-refractivity contribution in [2.24, 2.45) is 0 Å². The number of aryl methyl sites for hydroxylation is 1. The number of nitrogens with two attached hydrogens (primary N) is 1. The summed E-state index contributed by atoms with van der Waals surface area (Å²) in [5, 5.41) is 2.78. The van der Waals surface area contributed by atoms with Gasteiger partial charge in [-0.3, -0.25) is 4.79 Å². The first-order chi connectivity index (χ1) is 10.0. The van der Waals surface area contributed by atoms with E-state index in [0.717, 1.165) is 0 Å². The molecule has 1 amide bonds. The van der Waals surface area contributed by atoms with Crippen LogP contribution in [-0.4, -0.2) is 25.1 Å². The van der Waals surface area contributed by atoms with Crippen molar-refractivity contribution in [2.45, 2.75) is 6.92 Å². The van der Waals surface area contributed by atoms with Crippen LogP contribution in [0.2, 0.25) is 0 Å². The summed E-state index contributed by atoms with van der Waals surface area (Å²) in [6.07, 6.45) is 0. The Hall–Kier alpha value is -2.76. The smallest absolute Gasteiger partial charge is 0.255 e. The number of anilines is 2. The Balaban J connectivity index is 2.26. The fraction of sp³-hybridized carbons (Fsp3) is 0.200. The summed E-state index contributed by atoms with van der Waals surface area (Å²) in [5.74, 6) is 1.19. The van der Waals surface area contributed by atoms with Crippen LogP contribution in [0.15, 0.2) is 30.3 Å². The highest BCUT2D eigenvalue weighted by Gasteiger charge is 2.12. The number of nitrogen functional groups attached to an aromatic ring is 1. The van der Waals surface area contributed by atoms with E-state index in [1.54, 1.807) is 38.3 Å². The maximum atomic E-state index is 12.3. The molecule has 0 aliphatic carbocycles. The van der Waals surface area contributed by atoms with Gasteiger partial charge < -0.3 is 20.5 Å². The SMILES string of the molecule is COc1ccc(NC(=O)c2cc(C)nc(N)c2)c(OC)c1. The number of amides is 1. The van der Waals surface area contributed by atoms with Gasteiger partial charge in [0.15, 0.2) is 0 Å². The van der Waals surface area contributed by atoms with E-state index >= 15 is 0 Å². The van der Waals surface area contributed by atoms with Crippen molar-refractivity contribution in [1.82, 2.24) is 4.98 Å². The standard InChI is InChI=1S/C15H17N3O3/c1-9-6-10(7-14(16)17-9)15(19)18-12-5-4-11(20-2)8-13(12)21-3/h4-8H,1-3H3,(H2,16,17)(H,18,19). The number of methoxy groups -OCH3 is 2. The molecule has 0 unspecified atom stereocenters. The third-order valence-corrected chi connectivity index (χ3v) is 2.89. The number of hydrogen-bond donors (Lipinski definition) is 2. The Bertz CT molecular complexity index is 651. The molecule has 0 bridgehead atoms. The second kappa shape index (κ2) is 6.13. The molecule has 6 nitrogen and oxygen atoms in total. The summed E-state index contributed by atoms with van der Waals surface area (Å²) in [6.45, 7) is 1.78. The van der Waals surface area contributed by atoms with Gasteiger partial charge in [0.25, 0.3) is 5.91 Å². The fourth-order valence-electron chi connectivity index (χ4n) is 1.92. The lowest BCUT2D eigenvalue weighted by atomic mass is 10.2. The molecule has 0 radical (unpaired) electrons. The van der Waals surface area contributed by atoms with Crippen LogP contribution in [0.3, 0.4) is 0 Å². The van der Waals surface area contributed by atoms with Gasteiger partial charge in [-0.1, -0.05) is 0 Å². The highest BCUT2D eigenvalue weighted by Crippen LogP contribution is 2.29. The minimum Gasteiger partial charge on any atom is -0.497 e. The monoisotopic (exact) mass is 287 g/mol. The van der Waals surface area contributed by atoms with Crippen molar-refractivity contribution in [2.75, 3.05) is 25.3 Å². The molecular formula is C15H17N3O3. The van der Waals surface area contributed by atoms with Crippen LogP contribution in [-0.2, 0) is 0 Å². The lowest BCUT2D eigenvalue weighted by Crippen LogP contribution is -2.13. The second-order valence-corrected chi connectivity index (χ2v) is 4.44. The molecule has 0 atom stereocenters. The van der Waals surface area contributed by atoms with Crippen molar-refractivity contribution >= 4 is 17.4 Å². The Morgan fingerprint density at radius 1 is 1.19 bits per heavy atom. The highest BCUT2D eigenvalue weighted by molar-refractivity contribution is 6.05. The molecule has 21 heavy (non-hydrogen) atoms. The Kier molecular flexibility index (Phi) is 4.27. The number of pyridine rings is 1. The van der Waals surface area contributed by atoms with Gasteiger partial charge in [0.1, 0.15) is 17.3 Å². The van der Waals surface area contributed by atoms with Gasteiger partial charge in [-0.25, -0.2) is 4.98 Å². The number of nitrogens with one attached hydrogen (secondary N) is 1. The van der Waals surface area contributed by atoms with Crippen molar-refractivity contribution in [3.8, 4) is 11.5 Å². The molecule has 1 aromatic carbocycles. The molecule has 0 saturated heterocycles. The van der Waals surface area contributed by atoms with Gasteiger partial charge in [-0.05, 0) is 31.2 Å². The number of benzene rings is 1. The number of rotatable bonds is 4. The first kappa shape index (κ1) is 14.6. The van der Waals surface area contributed by atoms with Crippen molar-refractivity contribution < 1.29 is 14.3 Å². The van der Waals surface area contributed by atoms with E-state index in [1.165, 1.54) is 13.2 Å². The van der Waals surface area contributed by atoms with Crippen LogP contribution in [0.5, 0.6) is 11.5 Å². The molecule has 1 aromatic heterocycles. The Labute approximate surface area is 122 Å². The van der Waals surface area contributed by atoms with Gasteiger partial charge >= 0.3 is 0 Å². The van der Waals surface area contributed by atoms with E-state index < -0.39 is 0 Å². The third kappa shape index (κ3) is 3.42. The summed E-state index contributed by atoms with van der Waals surface area (Å²) < 4.78 is 10.4. The maximum Gasteiger partial charge on any atom is 0.255 e. The highest BCUT2D eigenvalue weighted by atomic mass is 16.5. The van der Waals surface area contributed by atoms with E-state index in [1.807, 2.05) is 0 Å². The van der Waals surface area contributed by atoms with Crippen LogP contribution in [0.1, 0.15) is 16.1 Å². The maximum absolute atomic E-state index is 12.3. The lowest BCUT2D eigenvalue weighted by Gasteiger charge is -2.12. The molecular weight excluding hydrogens is 270 g/mol. The number of ether oxygens (including phenoxy) is 2. The van der Waals surface area contributed by atoms with Gasteiger partial charge in [0, 0.05) is 17.3 Å². The zero-order valence-corrected chi connectivity index (χ0v) is 12.1. The number of carbonyl (C=O) groups is 1. The minimum atomic E-state index is -0.282. The number of nitrogens with zero attached hydrogens (tertiary/aromatic N) is 1. The average Bonchev–Trinajstić information content (AvgIpc) is 2.46. The Morgan fingerprint density at radius 3 is 2.57 bits per heavy atom. The van der Waals surface area contributed by atoms with E-state index in [0.29, 0.717) is 34.3 Å². The summed E-state index contributed by atoms with van der Waals surface area (Å²) in [6, 6.07) is 8.35. The topological polar surface area (TPSA) is 86.5 Å². The molecule has 2 aromatic rings. The second-order valence-electron chi connectivity index (χ2n) is 4.44. The van der Waals surface area contributed by atoms with Gasteiger partial charge in [0.05, 0.1) is 19.9 Å². The molecule has 0 fully saturated rings. The van der Waals surface area contributed by atoms with Crippen molar-refractivity contribution in [3.63, 3.8) is 0 Å². The van der Waals surface area contributed by atoms with E-state index in [2.05, 4.69) is 10.3 Å². The first-order valence-electron chi connectivity index (χ1n) is 6.31. The third-order valence-electron chi connectivity index (χ3n) is 2.89. The van der Waals surface area contributed by atoms with Gasteiger partial charge in [-0.2, -0.15) is 0 Å². The van der Waals surface area contributed by atoms with Crippen LogP contribution in [0.25, 0.3) is 0 Å². The molecule has 2 rings (SSSR count). The zero-order valence-electron chi connectivity index (χ0n) is 12.1. The molecule has 0 saturated carbocycles. The van der Waals surface area contributed by atoms with Crippen LogP contribution in [0.4, 0.5) is 11.5 Å². The summed E-state index contributed by atoms with van der Waals surface area (Å²) in [5.41, 5.74) is 7.33. The predicted molar refractivity (Wildman–Crippen MR) is 80.9 cm³/mol. The summed E-state index contributed by atoms with van der Waals surface area (Å²) in [7, 11) is 3.09. The van der Waals surface area contributed by atoms with Gasteiger partial charge in [-0.15, -0.1) is 0 Å². The van der Waals surface area contributed by atoms with Crippen molar-refractivity contribution in [1.29, 1.82) is 0 Å². The summed E-state index contributed by atoms with van der Waals surface area (Å²) >= 11 is 0. The minimum absolute atomic E-state index is 0.282. The van der Waals surface area contributed by atoms with Crippen LogP contribution < -0.4 is 20.5 Å². The van der Waals surface area contributed by atoms with Crippen LogP contribution >= 0.6 is 0 Å². The number of aromatic nitrogens is 1. The van der Waals surface area contributed by atoms with E-state index in [-0.39, 0.29) is 5.91 Å². The van der Waals surface area contributed by atoms with Crippen LogP contribution in [0, 0.1) is 6.92 Å². The largest absolute Gasteiger partial charge is 0.497 e. The molecule has 1 heterocycles. The van der Waals surface area contributed by atoms with E-state index in [9.17, 15) is 4.79 Å². The van der Waals surface area contributed by atoms with Crippen molar-refractivity contribution in [3.05, 3.63) is 41.6 Å². The molecule has 0 spiro atoms. The normalized spacial score (nSPS) is 10.0. The summed E-state index contributed by atoms with van der Waals surface area (Å²) in [4.78, 5) is 16.3. The number of hydrogen-bond acceptors (Lipinski definition) is 5. The molecule has 6 heteroatoms. The lowest BCUT2D eigenvalue weighted by molar-refractivity contribution is 0.102. The number of carbonyl (C=O) groups excluding carboxylic acids is 1. The quantitative estimate of drug-likeness (QED) is 0.900. The molecule has 0 aliphatic heterocycles. The fourth-order valence-corrected chi connectivity index (χ4v) is 1.92. The molecule has 0 aliphatic rings. The Morgan fingerprint density at radius 2 is 1.95 bits per heavy atom. The first-order valence-corrected chi connectivity index (χ1v) is 6.31. The molecule has 110 valence electrons. The van der Waals surface area contributed by atoms with Gasteiger partial charge in [0.2, 0.25) is 0 Å². The predicted octanol–water partition coefficient (Wildman–Crippen LogP) is 2.24. The molecule has 3 N–H and O–H groups in total.